The monoisotopic (exact) mass is 230 g/mol. The van der Waals surface area contributed by atoms with Gasteiger partial charge < -0.3 is 9.67 Å². The van der Waals surface area contributed by atoms with Gasteiger partial charge in [-0.05, 0) is 5.56 Å². The molecule has 88 valence electrons. The SMILES string of the molecule is O=C(Cn1ccnc1)C(CO)c1ccccc1. The molecule has 0 saturated heterocycles. The van der Waals surface area contributed by atoms with Crippen LogP contribution in [0.4, 0.5) is 0 Å². The van der Waals surface area contributed by atoms with Crippen molar-refractivity contribution in [2.45, 2.75) is 12.5 Å². The Morgan fingerprint density at radius 2 is 2.12 bits per heavy atom. The lowest BCUT2D eigenvalue weighted by Gasteiger charge is -2.13. The van der Waals surface area contributed by atoms with Gasteiger partial charge in [0.15, 0.2) is 5.78 Å². The number of hydrogen-bond donors (Lipinski definition) is 1. The van der Waals surface area contributed by atoms with E-state index < -0.39 is 5.92 Å². The molecule has 1 aromatic heterocycles. The van der Waals surface area contributed by atoms with Gasteiger partial charge in [0.05, 0.1) is 25.4 Å². The zero-order valence-electron chi connectivity index (χ0n) is 9.36. The molecule has 0 fully saturated rings. The van der Waals surface area contributed by atoms with Gasteiger partial charge in [0.25, 0.3) is 0 Å². The number of ketones is 1. The molecule has 0 saturated carbocycles. The van der Waals surface area contributed by atoms with Crippen molar-refractivity contribution in [2.75, 3.05) is 6.61 Å². The molecule has 1 aromatic carbocycles. The molecule has 0 aliphatic carbocycles. The third-order valence-corrected chi connectivity index (χ3v) is 2.67. The lowest BCUT2D eigenvalue weighted by Crippen LogP contribution is -2.21. The number of aliphatic hydroxyl groups is 1. The first-order valence-electron chi connectivity index (χ1n) is 5.45. The molecule has 2 aromatic rings. The summed E-state index contributed by atoms with van der Waals surface area (Å²) in [5.41, 5.74) is 0.847. The second-order valence-corrected chi connectivity index (χ2v) is 3.85. The van der Waals surface area contributed by atoms with E-state index >= 15 is 0 Å². The summed E-state index contributed by atoms with van der Waals surface area (Å²) in [5, 5.41) is 9.33. The van der Waals surface area contributed by atoms with E-state index in [1.165, 1.54) is 0 Å². The highest BCUT2D eigenvalue weighted by Gasteiger charge is 2.19. The maximum absolute atomic E-state index is 12.0. The van der Waals surface area contributed by atoms with E-state index in [0.717, 1.165) is 5.56 Å². The van der Waals surface area contributed by atoms with E-state index in [0.29, 0.717) is 0 Å². The minimum Gasteiger partial charge on any atom is -0.395 e. The van der Waals surface area contributed by atoms with Gasteiger partial charge >= 0.3 is 0 Å². The Morgan fingerprint density at radius 3 is 2.71 bits per heavy atom. The fourth-order valence-electron chi connectivity index (χ4n) is 1.75. The highest BCUT2D eigenvalue weighted by Crippen LogP contribution is 2.16. The first-order valence-corrected chi connectivity index (χ1v) is 5.45. The number of carbonyl (C=O) groups excluding carboxylic acids is 1. The molecule has 4 nitrogen and oxygen atoms in total. The Bertz CT molecular complexity index is 465. The highest BCUT2D eigenvalue weighted by molar-refractivity contribution is 5.85. The van der Waals surface area contributed by atoms with Crippen molar-refractivity contribution in [3.05, 3.63) is 54.6 Å². The number of nitrogens with zero attached hydrogens (tertiary/aromatic N) is 2. The molecule has 1 N–H and O–H groups in total. The first kappa shape index (κ1) is 11.5. The van der Waals surface area contributed by atoms with Crippen molar-refractivity contribution in [3.63, 3.8) is 0 Å². The van der Waals surface area contributed by atoms with Gasteiger partial charge in [-0.3, -0.25) is 4.79 Å². The number of rotatable bonds is 5. The molecule has 0 amide bonds. The van der Waals surface area contributed by atoms with Gasteiger partial charge in [-0.15, -0.1) is 0 Å². The summed E-state index contributed by atoms with van der Waals surface area (Å²) in [6, 6.07) is 9.32. The molecule has 1 atom stereocenters. The van der Waals surface area contributed by atoms with E-state index in [4.69, 9.17) is 0 Å². The molecule has 0 aliphatic rings. The molecule has 0 bridgehead atoms. The summed E-state index contributed by atoms with van der Waals surface area (Å²) in [7, 11) is 0. The lowest BCUT2D eigenvalue weighted by molar-refractivity contribution is -0.121. The largest absolute Gasteiger partial charge is 0.395 e. The van der Waals surface area contributed by atoms with Crippen LogP contribution in [0.15, 0.2) is 49.1 Å². The van der Waals surface area contributed by atoms with E-state index in [1.807, 2.05) is 30.3 Å². The zero-order chi connectivity index (χ0) is 12.1. The summed E-state index contributed by atoms with van der Waals surface area (Å²) in [6.07, 6.45) is 4.96. The number of imidazole rings is 1. The van der Waals surface area contributed by atoms with Crippen molar-refractivity contribution < 1.29 is 9.90 Å². The molecule has 1 heterocycles. The number of Topliss-reactive ketones (excluding diaryl/α,β-unsaturated/α-hetero) is 1. The zero-order valence-corrected chi connectivity index (χ0v) is 9.36. The van der Waals surface area contributed by atoms with E-state index in [9.17, 15) is 9.90 Å². The highest BCUT2D eigenvalue weighted by atomic mass is 16.3. The molecular weight excluding hydrogens is 216 g/mol. The smallest absolute Gasteiger partial charge is 0.162 e. The van der Waals surface area contributed by atoms with Crippen LogP contribution >= 0.6 is 0 Å². The fraction of sp³-hybridized carbons (Fsp3) is 0.231. The van der Waals surface area contributed by atoms with Crippen molar-refractivity contribution in [2.24, 2.45) is 0 Å². The number of aliphatic hydroxyl groups excluding tert-OH is 1. The van der Waals surface area contributed by atoms with Crippen LogP contribution in [0.25, 0.3) is 0 Å². The summed E-state index contributed by atoms with van der Waals surface area (Å²) < 4.78 is 1.70. The number of aromatic nitrogens is 2. The summed E-state index contributed by atoms with van der Waals surface area (Å²) in [6.45, 7) is 0.0671. The Hall–Kier alpha value is -1.94. The number of benzene rings is 1. The molecule has 1 unspecified atom stereocenters. The number of hydrogen-bond acceptors (Lipinski definition) is 3. The Balaban J connectivity index is 2.11. The van der Waals surface area contributed by atoms with Crippen LogP contribution in [0.5, 0.6) is 0 Å². The molecule has 0 radical (unpaired) electrons. The van der Waals surface area contributed by atoms with Crippen molar-refractivity contribution >= 4 is 5.78 Å². The third-order valence-electron chi connectivity index (χ3n) is 2.67. The molecule has 0 aliphatic heterocycles. The van der Waals surface area contributed by atoms with Crippen LogP contribution in [0.2, 0.25) is 0 Å². The van der Waals surface area contributed by atoms with Crippen LogP contribution in [0.1, 0.15) is 11.5 Å². The molecule has 2 rings (SSSR count). The normalized spacial score (nSPS) is 12.3. The Labute approximate surface area is 99.5 Å². The second kappa shape index (κ2) is 5.41. The Morgan fingerprint density at radius 1 is 1.35 bits per heavy atom. The maximum atomic E-state index is 12.0. The average Bonchev–Trinajstić information content (AvgIpc) is 2.84. The molecule has 17 heavy (non-hydrogen) atoms. The van der Waals surface area contributed by atoms with Crippen LogP contribution in [-0.4, -0.2) is 27.0 Å². The van der Waals surface area contributed by atoms with Gasteiger partial charge in [-0.25, -0.2) is 4.98 Å². The van der Waals surface area contributed by atoms with Crippen molar-refractivity contribution in [1.29, 1.82) is 0 Å². The van der Waals surface area contributed by atoms with Crippen LogP contribution in [0, 0.1) is 0 Å². The first-order chi connectivity index (χ1) is 8.31. The predicted molar refractivity (Wildman–Crippen MR) is 63.5 cm³/mol. The number of carbonyl (C=O) groups is 1. The minimum absolute atomic E-state index is 0.0169. The average molecular weight is 230 g/mol. The van der Waals surface area contributed by atoms with Crippen LogP contribution in [-0.2, 0) is 11.3 Å². The second-order valence-electron chi connectivity index (χ2n) is 3.85. The lowest BCUT2D eigenvalue weighted by atomic mass is 9.95. The van der Waals surface area contributed by atoms with Gasteiger partial charge in [-0.1, -0.05) is 30.3 Å². The molecule has 0 spiro atoms. The molecular formula is C13H14N2O2. The fourth-order valence-corrected chi connectivity index (χ4v) is 1.75. The van der Waals surface area contributed by atoms with E-state index in [-0.39, 0.29) is 18.9 Å². The van der Waals surface area contributed by atoms with Crippen molar-refractivity contribution in [1.82, 2.24) is 9.55 Å². The van der Waals surface area contributed by atoms with E-state index in [2.05, 4.69) is 4.98 Å². The topological polar surface area (TPSA) is 55.1 Å². The summed E-state index contributed by atoms with van der Waals surface area (Å²) >= 11 is 0. The van der Waals surface area contributed by atoms with Gasteiger partial charge in [0.1, 0.15) is 0 Å². The van der Waals surface area contributed by atoms with Gasteiger partial charge in [0, 0.05) is 12.4 Å². The Kier molecular flexibility index (Phi) is 3.67. The summed E-state index contributed by atoms with van der Waals surface area (Å²) in [4.78, 5) is 15.9. The standard InChI is InChI=1S/C13H14N2O2/c16-9-12(11-4-2-1-3-5-11)13(17)8-15-7-6-14-10-15/h1-7,10,12,16H,8-9H2. The molecule has 4 heteroatoms. The maximum Gasteiger partial charge on any atom is 0.162 e. The van der Waals surface area contributed by atoms with Crippen molar-refractivity contribution in [3.8, 4) is 0 Å². The summed E-state index contributed by atoms with van der Waals surface area (Å²) in [5.74, 6) is -0.477. The minimum atomic E-state index is -0.460. The quantitative estimate of drug-likeness (QED) is 0.840. The van der Waals surface area contributed by atoms with Crippen LogP contribution in [0.3, 0.4) is 0 Å². The van der Waals surface area contributed by atoms with Gasteiger partial charge in [-0.2, -0.15) is 0 Å². The van der Waals surface area contributed by atoms with Crippen LogP contribution < -0.4 is 0 Å². The van der Waals surface area contributed by atoms with Gasteiger partial charge in [0.2, 0.25) is 0 Å². The van der Waals surface area contributed by atoms with E-state index in [1.54, 1.807) is 23.3 Å². The third kappa shape index (κ3) is 2.79. The predicted octanol–water partition coefficient (Wildman–Crippen LogP) is 1.23.